The number of benzene rings is 2. The minimum Gasteiger partial charge on any atom is -0.455 e. The van der Waals surface area contributed by atoms with Crippen molar-refractivity contribution in [1.82, 2.24) is 5.32 Å². The van der Waals surface area contributed by atoms with Crippen LogP contribution in [-0.2, 0) is 22.3 Å². The Bertz CT molecular complexity index is 932. The van der Waals surface area contributed by atoms with Gasteiger partial charge in [0.25, 0.3) is 5.91 Å². The Balaban J connectivity index is 1.50. The summed E-state index contributed by atoms with van der Waals surface area (Å²) in [6.45, 7) is 4.62. The number of carbonyl (C=O) groups excluding carboxylic acids is 1. The van der Waals surface area contributed by atoms with Crippen LogP contribution in [0, 0.1) is 6.92 Å². The van der Waals surface area contributed by atoms with Crippen LogP contribution < -0.4 is 5.32 Å². The summed E-state index contributed by atoms with van der Waals surface area (Å²) in [6, 6.07) is 21.4. The molecule has 0 aliphatic carbocycles. The maximum absolute atomic E-state index is 12.4. The molecule has 1 aromatic heterocycles. The highest BCUT2D eigenvalue weighted by atomic mass is 32.2. The average molecular weight is 396 g/mol. The van der Waals surface area contributed by atoms with E-state index in [0.29, 0.717) is 23.8 Å². The highest BCUT2D eigenvalue weighted by Gasteiger charge is 2.14. The second-order valence-corrected chi connectivity index (χ2v) is 8.46. The number of rotatable bonds is 8. The van der Waals surface area contributed by atoms with Crippen LogP contribution in [0.5, 0.6) is 0 Å². The lowest BCUT2D eigenvalue weighted by Crippen LogP contribution is -2.27. The van der Waals surface area contributed by atoms with Gasteiger partial charge in [-0.05, 0) is 36.1 Å². The molecule has 28 heavy (non-hydrogen) atoms. The lowest BCUT2D eigenvalue weighted by atomic mass is 10.0. The number of furan rings is 1. The van der Waals surface area contributed by atoms with E-state index >= 15 is 0 Å². The molecule has 0 radical (unpaired) electrons. The van der Waals surface area contributed by atoms with Gasteiger partial charge in [0.1, 0.15) is 5.76 Å². The number of amides is 1. The lowest BCUT2D eigenvalue weighted by molar-refractivity contribution is 0.0922. The molecule has 4 nitrogen and oxygen atoms in total. The van der Waals surface area contributed by atoms with Crippen molar-refractivity contribution in [2.75, 3.05) is 6.54 Å². The van der Waals surface area contributed by atoms with Gasteiger partial charge in [0, 0.05) is 23.1 Å². The molecular formula is C23H25NO3S. The Kier molecular flexibility index (Phi) is 6.82. The van der Waals surface area contributed by atoms with Gasteiger partial charge in [-0.15, -0.1) is 0 Å². The van der Waals surface area contributed by atoms with Crippen LogP contribution in [0.2, 0.25) is 0 Å². The normalized spacial score (nSPS) is 13.1. The van der Waals surface area contributed by atoms with Gasteiger partial charge < -0.3 is 9.73 Å². The molecule has 3 rings (SSSR count). The fraction of sp³-hybridized carbons (Fsp3) is 0.261. The van der Waals surface area contributed by atoms with E-state index in [2.05, 4.69) is 12.2 Å². The molecule has 0 unspecified atom stereocenters. The van der Waals surface area contributed by atoms with Crippen molar-refractivity contribution in [3.8, 4) is 0 Å². The van der Waals surface area contributed by atoms with E-state index in [4.69, 9.17) is 4.42 Å². The van der Waals surface area contributed by atoms with E-state index in [1.54, 1.807) is 12.1 Å². The quantitative estimate of drug-likeness (QED) is 0.608. The van der Waals surface area contributed by atoms with Crippen molar-refractivity contribution in [3.63, 3.8) is 0 Å². The maximum Gasteiger partial charge on any atom is 0.287 e. The predicted molar refractivity (Wildman–Crippen MR) is 113 cm³/mol. The first-order valence-corrected chi connectivity index (χ1v) is 10.8. The van der Waals surface area contributed by atoms with Gasteiger partial charge in [0.2, 0.25) is 0 Å². The highest BCUT2D eigenvalue weighted by molar-refractivity contribution is 7.83. The molecule has 0 saturated heterocycles. The largest absolute Gasteiger partial charge is 0.455 e. The van der Waals surface area contributed by atoms with E-state index in [0.717, 1.165) is 5.56 Å². The Morgan fingerprint density at radius 1 is 1.00 bits per heavy atom. The smallest absolute Gasteiger partial charge is 0.287 e. The summed E-state index contributed by atoms with van der Waals surface area (Å²) in [5.74, 6) is 1.54. The second kappa shape index (κ2) is 9.51. The van der Waals surface area contributed by atoms with Crippen molar-refractivity contribution in [2.24, 2.45) is 0 Å². The summed E-state index contributed by atoms with van der Waals surface area (Å²) in [7, 11) is -1.09. The molecule has 1 heterocycles. The molecule has 2 aromatic carbocycles. The third-order valence-electron chi connectivity index (χ3n) is 4.57. The Labute approximate surface area is 168 Å². The Morgan fingerprint density at radius 3 is 2.43 bits per heavy atom. The molecule has 146 valence electrons. The third kappa shape index (κ3) is 5.67. The molecule has 3 aromatic rings. The van der Waals surface area contributed by atoms with Crippen LogP contribution >= 0.6 is 0 Å². The van der Waals surface area contributed by atoms with Crippen LogP contribution in [0.3, 0.4) is 0 Å². The van der Waals surface area contributed by atoms with E-state index in [1.807, 2.05) is 61.5 Å². The zero-order chi connectivity index (χ0) is 19.9. The first kappa shape index (κ1) is 20.1. The van der Waals surface area contributed by atoms with E-state index in [1.165, 1.54) is 11.1 Å². The van der Waals surface area contributed by atoms with Gasteiger partial charge in [-0.2, -0.15) is 0 Å². The fourth-order valence-electron chi connectivity index (χ4n) is 2.89. The van der Waals surface area contributed by atoms with Gasteiger partial charge in [0.05, 0.1) is 5.75 Å². The first-order chi connectivity index (χ1) is 13.5. The van der Waals surface area contributed by atoms with Crippen molar-refractivity contribution in [3.05, 3.63) is 94.9 Å². The Hall–Kier alpha value is -2.66. The number of nitrogens with one attached hydrogen (secondary N) is 1. The zero-order valence-electron chi connectivity index (χ0n) is 16.2. The molecule has 0 aliphatic heterocycles. The van der Waals surface area contributed by atoms with Gasteiger partial charge in [-0.1, -0.05) is 67.1 Å². The molecular weight excluding hydrogens is 370 g/mol. The topological polar surface area (TPSA) is 59.3 Å². The molecule has 0 fully saturated rings. The van der Waals surface area contributed by atoms with Crippen LogP contribution in [0.4, 0.5) is 0 Å². The van der Waals surface area contributed by atoms with Gasteiger partial charge in [-0.3, -0.25) is 9.00 Å². The first-order valence-electron chi connectivity index (χ1n) is 9.33. The molecule has 2 atom stereocenters. The monoisotopic (exact) mass is 395 g/mol. The van der Waals surface area contributed by atoms with Gasteiger partial charge in [0.15, 0.2) is 5.76 Å². The number of hydrogen-bond acceptors (Lipinski definition) is 3. The summed E-state index contributed by atoms with van der Waals surface area (Å²) < 4.78 is 18.0. The van der Waals surface area contributed by atoms with E-state index in [9.17, 15) is 9.00 Å². The maximum atomic E-state index is 12.4. The molecule has 1 amide bonds. The van der Waals surface area contributed by atoms with Crippen LogP contribution in [0.15, 0.2) is 71.1 Å². The SMILES string of the molecule is Cc1ccc(C[S@@](=O)Cc2ccc(C(=O)NC[C@H](C)c3ccccc3)o2)cc1. The van der Waals surface area contributed by atoms with Crippen LogP contribution in [0.25, 0.3) is 0 Å². The van der Waals surface area contributed by atoms with Crippen LogP contribution in [-0.4, -0.2) is 16.7 Å². The van der Waals surface area contributed by atoms with Crippen molar-refractivity contribution in [2.45, 2.75) is 31.3 Å². The number of aryl methyl sites for hydroxylation is 1. The fourth-order valence-corrected chi connectivity index (χ4v) is 4.03. The van der Waals surface area contributed by atoms with Gasteiger partial charge in [-0.25, -0.2) is 0 Å². The minimum atomic E-state index is -1.09. The molecule has 5 heteroatoms. The summed E-state index contributed by atoms with van der Waals surface area (Å²) in [4.78, 5) is 12.3. The van der Waals surface area contributed by atoms with Crippen LogP contribution in [0.1, 0.15) is 45.8 Å². The lowest BCUT2D eigenvalue weighted by Gasteiger charge is -2.12. The Morgan fingerprint density at radius 2 is 1.71 bits per heavy atom. The van der Waals surface area contributed by atoms with Crippen molar-refractivity contribution < 1.29 is 13.4 Å². The van der Waals surface area contributed by atoms with Gasteiger partial charge >= 0.3 is 0 Å². The molecule has 0 bridgehead atoms. The average Bonchev–Trinajstić information content (AvgIpc) is 3.16. The molecule has 0 aliphatic rings. The summed E-state index contributed by atoms with van der Waals surface area (Å²) in [6.07, 6.45) is 0. The predicted octanol–water partition coefficient (Wildman–Crippen LogP) is 4.57. The molecule has 1 N–H and O–H groups in total. The van der Waals surface area contributed by atoms with E-state index in [-0.39, 0.29) is 17.6 Å². The molecule has 0 spiro atoms. The minimum absolute atomic E-state index is 0.210. The summed E-state index contributed by atoms with van der Waals surface area (Å²) in [5, 5.41) is 2.90. The second-order valence-electron chi connectivity index (χ2n) is 7.00. The summed E-state index contributed by atoms with van der Waals surface area (Å²) in [5.41, 5.74) is 3.38. The number of hydrogen-bond donors (Lipinski definition) is 1. The highest BCUT2D eigenvalue weighted by Crippen LogP contribution is 2.15. The number of carbonyl (C=O) groups is 1. The van der Waals surface area contributed by atoms with Crippen molar-refractivity contribution >= 4 is 16.7 Å². The molecule has 0 saturated carbocycles. The summed E-state index contributed by atoms with van der Waals surface area (Å²) >= 11 is 0. The van der Waals surface area contributed by atoms with Crippen molar-refractivity contribution in [1.29, 1.82) is 0 Å². The standard InChI is InChI=1S/C23H25NO3S/c1-17-8-10-19(11-9-17)15-28(26)16-21-12-13-22(27-21)23(25)24-14-18(2)20-6-4-3-5-7-20/h3-13,18H,14-16H2,1-2H3,(H,24,25)/t18-,28+/m0/s1. The zero-order valence-corrected chi connectivity index (χ0v) is 17.0. The third-order valence-corrected chi connectivity index (χ3v) is 5.84. The van der Waals surface area contributed by atoms with E-state index < -0.39 is 10.8 Å².